The number of ether oxygens (including phenoxy) is 1. The Kier molecular flexibility index (Phi) is 3.36. The molecule has 0 amide bonds. The Morgan fingerprint density at radius 3 is 2.55 bits per heavy atom. The normalized spacial score (nSPS) is 50.3. The average Bonchev–Trinajstić information content (AvgIpc) is 2.66. The molecule has 1 heterocycles. The van der Waals surface area contributed by atoms with E-state index in [1.54, 1.807) is 0 Å². The van der Waals surface area contributed by atoms with Gasteiger partial charge in [0, 0.05) is 0 Å². The lowest BCUT2D eigenvalue weighted by Crippen LogP contribution is -2.55. The highest BCUT2D eigenvalue weighted by molar-refractivity contribution is 5.11. The first kappa shape index (κ1) is 14.6. The summed E-state index contributed by atoms with van der Waals surface area (Å²) in [6, 6.07) is 0. The molecular weight excluding hydrogens is 244 g/mol. The molecule has 5 atom stereocenters. The van der Waals surface area contributed by atoms with Crippen LogP contribution in [-0.4, -0.2) is 11.7 Å². The van der Waals surface area contributed by atoms with Gasteiger partial charge in [0.25, 0.3) is 0 Å². The van der Waals surface area contributed by atoms with Crippen molar-refractivity contribution < 1.29 is 4.74 Å². The van der Waals surface area contributed by atoms with Crippen LogP contribution in [0.4, 0.5) is 0 Å². The molecule has 3 aliphatic rings. The summed E-state index contributed by atoms with van der Waals surface area (Å²) in [7, 11) is 0. The fourth-order valence-corrected chi connectivity index (χ4v) is 6.29. The predicted molar refractivity (Wildman–Crippen MR) is 84.7 cm³/mol. The Balaban J connectivity index is 1.91. The molecule has 0 spiro atoms. The summed E-state index contributed by atoms with van der Waals surface area (Å²) in [6.07, 6.45) is 11.6. The number of hydrogen-bond acceptors (Lipinski definition) is 1. The lowest BCUT2D eigenvalue weighted by atomic mass is 9.45. The molecule has 3 fully saturated rings. The molecule has 1 unspecified atom stereocenters. The Labute approximate surface area is 125 Å². The molecular formula is C19H32O. The monoisotopic (exact) mass is 276 g/mol. The highest BCUT2D eigenvalue weighted by Gasteiger charge is 2.61. The first-order valence-electron chi connectivity index (χ1n) is 8.60. The maximum atomic E-state index is 6.50. The Morgan fingerprint density at radius 1 is 1.10 bits per heavy atom. The van der Waals surface area contributed by atoms with Crippen LogP contribution in [0.15, 0.2) is 12.7 Å². The van der Waals surface area contributed by atoms with E-state index in [1.807, 2.05) is 6.08 Å². The third-order valence-corrected chi connectivity index (χ3v) is 7.10. The van der Waals surface area contributed by atoms with Crippen molar-refractivity contribution in [1.29, 1.82) is 0 Å². The summed E-state index contributed by atoms with van der Waals surface area (Å²) in [4.78, 5) is 0. The number of hydrogen-bond donors (Lipinski definition) is 0. The van der Waals surface area contributed by atoms with Gasteiger partial charge >= 0.3 is 0 Å². The smallest absolute Gasteiger partial charge is 0.0692 e. The molecule has 0 N–H and O–H groups in total. The van der Waals surface area contributed by atoms with Gasteiger partial charge in [-0.05, 0) is 68.1 Å². The van der Waals surface area contributed by atoms with Gasteiger partial charge in [-0.2, -0.15) is 0 Å². The Bertz CT molecular complexity index is 399. The van der Waals surface area contributed by atoms with Crippen LogP contribution in [0.25, 0.3) is 0 Å². The second-order valence-corrected chi connectivity index (χ2v) is 8.80. The molecule has 3 rings (SSSR count). The van der Waals surface area contributed by atoms with Crippen LogP contribution in [0, 0.1) is 22.7 Å². The van der Waals surface area contributed by atoms with Gasteiger partial charge in [-0.25, -0.2) is 0 Å². The van der Waals surface area contributed by atoms with Gasteiger partial charge in [-0.3, -0.25) is 0 Å². The molecule has 20 heavy (non-hydrogen) atoms. The highest BCUT2D eigenvalue weighted by Crippen LogP contribution is 2.65. The van der Waals surface area contributed by atoms with Gasteiger partial charge in [0.05, 0.1) is 11.7 Å². The molecule has 1 saturated heterocycles. The van der Waals surface area contributed by atoms with E-state index in [-0.39, 0.29) is 5.60 Å². The molecule has 1 heteroatoms. The van der Waals surface area contributed by atoms with Crippen LogP contribution in [0.1, 0.15) is 72.6 Å². The van der Waals surface area contributed by atoms with Crippen molar-refractivity contribution in [3.05, 3.63) is 12.7 Å². The van der Waals surface area contributed by atoms with Crippen molar-refractivity contribution in [1.82, 2.24) is 0 Å². The molecule has 0 aromatic rings. The lowest BCUT2D eigenvalue weighted by Gasteiger charge is -2.60. The second-order valence-electron chi connectivity index (χ2n) is 8.80. The van der Waals surface area contributed by atoms with Crippen molar-refractivity contribution in [2.24, 2.45) is 22.7 Å². The molecule has 0 radical (unpaired) electrons. The van der Waals surface area contributed by atoms with E-state index in [2.05, 4.69) is 34.3 Å². The average molecular weight is 276 g/mol. The van der Waals surface area contributed by atoms with Crippen LogP contribution < -0.4 is 0 Å². The lowest BCUT2D eigenvalue weighted by molar-refractivity contribution is -0.154. The molecule has 1 nitrogen and oxygen atoms in total. The number of fused-ring (bicyclic) bond motifs is 3. The zero-order valence-electron chi connectivity index (χ0n) is 13.9. The maximum Gasteiger partial charge on any atom is 0.0692 e. The minimum atomic E-state index is 0.131. The molecule has 114 valence electrons. The predicted octanol–water partition coefficient (Wildman–Crippen LogP) is 5.35. The quantitative estimate of drug-likeness (QED) is 0.617. The van der Waals surface area contributed by atoms with Crippen molar-refractivity contribution in [3.63, 3.8) is 0 Å². The summed E-state index contributed by atoms with van der Waals surface area (Å²) in [6.45, 7) is 13.9. The fraction of sp³-hybridized carbons (Fsp3) is 0.895. The molecule has 2 aliphatic carbocycles. The maximum absolute atomic E-state index is 6.50. The van der Waals surface area contributed by atoms with Crippen molar-refractivity contribution in [2.75, 3.05) is 0 Å². The molecule has 0 bridgehead atoms. The fourth-order valence-electron chi connectivity index (χ4n) is 6.29. The summed E-state index contributed by atoms with van der Waals surface area (Å²) < 4.78 is 6.50. The summed E-state index contributed by atoms with van der Waals surface area (Å²) in [5.74, 6) is 1.63. The van der Waals surface area contributed by atoms with Crippen molar-refractivity contribution >= 4 is 0 Å². The van der Waals surface area contributed by atoms with Gasteiger partial charge < -0.3 is 4.74 Å². The zero-order chi connectivity index (χ0) is 14.6. The minimum Gasteiger partial charge on any atom is -0.371 e. The van der Waals surface area contributed by atoms with Gasteiger partial charge in [0.2, 0.25) is 0 Å². The topological polar surface area (TPSA) is 9.23 Å². The minimum absolute atomic E-state index is 0.131. The van der Waals surface area contributed by atoms with Crippen molar-refractivity contribution in [2.45, 2.75) is 84.3 Å². The first-order chi connectivity index (χ1) is 9.32. The molecule has 0 aromatic carbocycles. The van der Waals surface area contributed by atoms with E-state index in [9.17, 15) is 0 Å². The third kappa shape index (κ3) is 2.00. The van der Waals surface area contributed by atoms with Gasteiger partial charge in [0.1, 0.15) is 0 Å². The second kappa shape index (κ2) is 4.60. The zero-order valence-corrected chi connectivity index (χ0v) is 13.9. The van der Waals surface area contributed by atoms with Crippen LogP contribution in [0.2, 0.25) is 0 Å². The van der Waals surface area contributed by atoms with Crippen molar-refractivity contribution in [3.8, 4) is 0 Å². The SMILES string of the molecule is C=CCC1C[C@@H]2[C@@]3(C)CCCC(C)(C)[C@@H]3CC[C@@]2(C)O1. The van der Waals surface area contributed by atoms with Gasteiger partial charge in [0.15, 0.2) is 0 Å². The molecule has 1 aliphatic heterocycles. The van der Waals surface area contributed by atoms with E-state index in [0.717, 1.165) is 18.3 Å². The summed E-state index contributed by atoms with van der Waals surface area (Å²) in [5, 5.41) is 0. The van der Waals surface area contributed by atoms with Crippen LogP contribution >= 0.6 is 0 Å². The van der Waals surface area contributed by atoms with E-state index in [0.29, 0.717) is 16.9 Å². The van der Waals surface area contributed by atoms with Crippen LogP contribution in [-0.2, 0) is 4.74 Å². The third-order valence-electron chi connectivity index (χ3n) is 7.10. The van der Waals surface area contributed by atoms with Gasteiger partial charge in [-0.15, -0.1) is 6.58 Å². The Hall–Kier alpha value is -0.300. The highest BCUT2D eigenvalue weighted by atomic mass is 16.5. The number of rotatable bonds is 2. The first-order valence-corrected chi connectivity index (χ1v) is 8.60. The van der Waals surface area contributed by atoms with Gasteiger partial charge in [-0.1, -0.05) is 33.3 Å². The standard InChI is InChI=1S/C19H32O/c1-6-8-14-13-16-18(4)11-7-10-17(2,3)15(18)9-12-19(16,5)20-14/h6,14-16H,1,7-13H2,2-5H3/t14?,15-,16+,18-,19+/m0/s1. The van der Waals surface area contributed by atoms with E-state index in [1.165, 1.54) is 38.5 Å². The summed E-state index contributed by atoms with van der Waals surface area (Å²) >= 11 is 0. The Morgan fingerprint density at radius 2 is 1.85 bits per heavy atom. The van der Waals surface area contributed by atoms with Crippen LogP contribution in [0.5, 0.6) is 0 Å². The van der Waals surface area contributed by atoms with Crippen LogP contribution in [0.3, 0.4) is 0 Å². The van der Waals surface area contributed by atoms with E-state index < -0.39 is 0 Å². The van der Waals surface area contributed by atoms with E-state index >= 15 is 0 Å². The largest absolute Gasteiger partial charge is 0.371 e. The summed E-state index contributed by atoms with van der Waals surface area (Å²) in [5.41, 5.74) is 1.14. The van der Waals surface area contributed by atoms with E-state index in [4.69, 9.17) is 4.74 Å². The molecule has 0 aromatic heterocycles. The molecule has 2 saturated carbocycles.